The van der Waals surface area contributed by atoms with Crippen molar-refractivity contribution in [2.45, 2.75) is 12.5 Å². The van der Waals surface area contributed by atoms with E-state index < -0.39 is 23.9 Å². The van der Waals surface area contributed by atoms with Crippen LogP contribution < -0.4 is 4.74 Å². The molecule has 120 valence electrons. The first kappa shape index (κ1) is 16.7. The molecule has 0 heterocycles. The van der Waals surface area contributed by atoms with Gasteiger partial charge in [-0.05, 0) is 41.5 Å². The van der Waals surface area contributed by atoms with Crippen LogP contribution in [0.15, 0.2) is 42.5 Å². The van der Waals surface area contributed by atoms with Gasteiger partial charge in [0.05, 0.1) is 17.2 Å². The number of hydrogen-bond donors (Lipinski definition) is 0. The van der Waals surface area contributed by atoms with Crippen LogP contribution in [-0.2, 0) is 6.18 Å². The molecule has 0 saturated heterocycles. The molecule has 0 saturated carbocycles. The van der Waals surface area contributed by atoms with Crippen molar-refractivity contribution in [2.24, 2.45) is 0 Å². The van der Waals surface area contributed by atoms with Crippen LogP contribution in [0.4, 0.5) is 26.3 Å². The van der Waals surface area contributed by atoms with Gasteiger partial charge in [0, 0.05) is 0 Å². The molecular weight excluding hydrogens is 324 g/mol. The van der Waals surface area contributed by atoms with Crippen LogP contribution in [0.2, 0.25) is 0 Å². The Morgan fingerprint density at radius 3 is 1.91 bits per heavy atom. The molecule has 0 bridgehead atoms. The third kappa shape index (κ3) is 4.39. The van der Waals surface area contributed by atoms with Crippen LogP contribution >= 0.6 is 0 Å². The highest BCUT2D eigenvalue weighted by molar-refractivity contribution is 5.67. The zero-order valence-electron chi connectivity index (χ0n) is 11.2. The second-order valence-electron chi connectivity index (χ2n) is 4.48. The van der Waals surface area contributed by atoms with E-state index in [1.54, 1.807) is 6.07 Å². The molecule has 0 radical (unpaired) electrons. The molecule has 2 aromatic carbocycles. The molecule has 0 unspecified atom stereocenters. The van der Waals surface area contributed by atoms with Crippen LogP contribution in [0, 0.1) is 11.3 Å². The van der Waals surface area contributed by atoms with Gasteiger partial charge in [0.1, 0.15) is 5.75 Å². The van der Waals surface area contributed by atoms with Crippen molar-refractivity contribution in [3.8, 4) is 22.9 Å². The van der Waals surface area contributed by atoms with E-state index in [1.807, 2.05) is 0 Å². The lowest BCUT2D eigenvalue weighted by molar-refractivity contribution is -0.274. The molecule has 0 atom stereocenters. The summed E-state index contributed by atoms with van der Waals surface area (Å²) < 4.78 is 78.1. The van der Waals surface area contributed by atoms with Crippen molar-refractivity contribution in [3.63, 3.8) is 0 Å². The number of ether oxygens (including phenoxy) is 1. The van der Waals surface area contributed by atoms with Gasteiger partial charge in [0.15, 0.2) is 0 Å². The van der Waals surface area contributed by atoms with Gasteiger partial charge in [-0.3, -0.25) is 0 Å². The van der Waals surface area contributed by atoms with E-state index in [0.717, 1.165) is 36.4 Å². The number of benzene rings is 2. The van der Waals surface area contributed by atoms with E-state index in [9.17, 15) is 26.3 Å². The average molecular weight is 331 g/mol. The average Bonchev–Trinajstić information content (AvgIpc) is 2.44. The summed E-state index contributed by atoms with van der Waals surface area (Å²) in [5.74, 6) is -0.619. The predicted molar refractivity (Wildman–Crippen MR) is 68.3 cm³/mol. The van der Waals surface area contributed by atoms with E-state index in [0.29, 0.717) is 0 Å². The SMILES string of the molecule is N#Cc1cc(OC(F)(F)F)cc(-c2ccc(C(F)(F)F)cc2)c1. The maximum atomic E-state index is 12.5. The fourth-order valence-corrected chi connectivity index (χ4v) is 1.87. The van der Waals surface area contributed by atoms with Crippen LogP contribution in [-0.4, -0.2) is 6.36 Å². The number of nitriles is 1. The summed E-state index contributed by atoms with van der Waals surface area (Å²) in [4.78, 5) is 0. The number of hydrogen-bond acceptors (Lipinski definition) is 2. The van der Waals surface area contributed by atoms with E-state index in [2.05, 4.69) is 4.74 Å². The van der Waals surface area contributed by atoms with Crippen molar-refractivity contribution in [2.75, 3.05) is 0 Å². The molecule has 0 aliphatic rings. The third-order valence-corrected chi connectivity index (χ3v) is 2.81. The Morgan fingerprint density at radius 1 is 0.826 bits per heavy atom. The Bertz CT molecular complexity index is 741. The van der Waals surface area contributed by atoms with E-state index in [-0.39, 0.29) is 16.7 Å². The highest BCUT2D eigenvalue weighted by Gasteiger charge is 2.32. The molecular formula is C15H7F6NO. The normalized spacial score (nSPS) is 11.9. The molecule has 8 heteroatoms. The Kier molecular flexibility index (Phi) is 4.23. The molecule has 0 spiro atoms. The monoisotopic (exact) mass is 331 g/mol. The van der Waals surface area contributed by atoms with Crippen molar-refractivity contribution >= 4 is 0 Å². The topological polar surface area (TPSA) is 33.0 Å². The summed E-state index contributed by atoms with van der Waals surface area (Å²) in [7, 11) is 0. The summed E-state index contributed by atoms with van der Waals surface area (Å²) in [5.41, 5.74) is -0.634. The lowest BCUT2D eigenvalue weighted by atomic mass is 10.0. The number of rotatable bonds is 2. The van der Waals surface area contributed by atoms with Crippen LogP contribution in [0.25, 0.3) is 11.1 Å². The zero-order valence-corrected chi connectivity index (χ0v) is 11.2. The zero-order chi connectivity index (χ0) is 17.3. The Morgan fingerprint density at radius 2 is 1.43 bits per heavy atom. The molecule has 2 aromatic rings. The first-order valence-corrected chi connectivity index (χ1v) is 6.07. The van der Waals surface area contributed by atoms with Gasteiger partial charge in [-0.25, -0.2) is 0 Å². The molecule has 0 N–H and O–H groups in total. The summed E-state index contributed by atoms with van der Waals surface area (Å²) in [6, 6.07) is 8.64. The highest BCUT2D eigenvalue weighted by atomic mass is 19.4. The van der Waals surface area contributed by atoms with E-state index in [4.69, 9.17) is 5.26 Å². The minimum absolute atomic E-state index is 0.110. The fraction of sp³-hybridized carbons (Fsp3) is 0.133. The highest BCUT2D eigenvalue weighted by Crippen LogP contribution is 2.33. The van der Waals surface area contributed by atoms with Crippen molar-refractivity contribution in [3.05, 3.63) is 53.6 Å². The Labute approximate surface area is 126 Å². The fourth-order valence-electron chi connectivity index (χ4n) is 1.87. The quantitative estimate of drug-likeness (QED) is 0.714. The van der Waals surface area contributed by atoms with Gasteiger partial charge in [-0.15, -0.1) is 13.2 Å². The molecule has 2 nitrogen and oxygen atoms in total. The molecule has 2 rings (SSSR count). The third-order valence-electron chi connectivity index (χ3n) is 2.81. The van der Waals surface area contributed by atoms with Crippen LogP contribution in [0.5, 0.6) is 5.75 Å². The van der Waals surface area contributed by atoms with Gasteiger partial charge in [-0.2, -0.15) is 18.4 Å². The van der Waals surface area contributed by atoms with Gasteiger partial charge < -0.3 is 4.74 Å². The van der Waals surface area contributed by atoms with Crippen LogP contribution in [0.3, 0.4) is 0 Å². The molecule has 0 aliphatic carbocycles. The summed E-state index contributed by atoms with van der Waals surface area (Å²) >= 11 is 0. The van der Waals surface area contributed by atoms with E-state index >= 15 is 0 Å². The summed E-state index contributed by atoms with van der Waals surface area (Å²) in [6.07, 6.45) is -9.46. The largest absolute Gasteiger partial charge is 0.573 e. The number of halogens is 6. The Hall–Kier alpha value is -2.69. The number of alkyl halides is 6. The van der Waals surface area contributed by atoms with Gasteiger partial charge in [0.2, 0.25) is 0 Å². The molecule has 23 heavy (non-hydrogen) atoms. The second kappa shape index (κ2) is 5.83. The van der Waals surface area contributed by atoms with Gasteiger partial charge in [-0.1, -0.05) is 12.1 Å². The lowest BCUT2D eigenvalue weighted by Gasteiger charge is -2.12. The summed E-state index contributed by atoms with van der Waals surface area (Å²) in [6.45, 7) is 0. The second-order valence-corrected chi connectivity index (χ2v) is 4.48. The first-order valence-electron chi connectivity index (χ1n) is 6.07. The molecule has 0 fully saturated rings. The van der Waals surface area contributed by atoms with Crippen molar-refractivity contribution < 1.29 is 31.1 Å². The Balaban J connectivity index is 2.43. The summed E-state index contributed by atoms with van der Waals surface area (Å²) in [5, 5.41) is 8.85. The maximum absolute atomic E-state index is 12.5. The van der Waals surface area contributed by atoms with E-state index in [1.165, 1.54) is 6.07 Å². The molecule has 0 amide bonds. The van der Waals surface area contributed by atoms with Crippen molar-refractivity contribution in [1.82, 2.24) is 0 Å². The van der Waals surface area contributed by atoms with Crippen molar-refractivity contribution in [1.29, 1.82) is 5.26 Å². The lowest BCUT2D eigenvalue weighted by Crippen LogP contribution is -2.17. The minimum Gasteiger partial charge on any atom is -0.406 e. The molecule has 0 aromatic heterocycles. The molecule has 0 aliphatic heterocycles. The van der Waals surface area contributed by atoms with Gasteiger partial charge >= 0.3 is 12.5 Å². The predicted octanol–water partition coefficient (Wildman–Crippen LogP) is 5.14. The van der Waals surface area contributed by atoms with Gasteiger partial charge in [0.25, 0.3) is 0 Å². The first-order chi connectivity index (χ1) is 10.6. The minimum atomic E-state index is -4.94. The number of nitrogens with zero attached hydrogens (tertiary/aromatic N) is 1. The van der Waals surface area contributed by atoms with Crippen LogP contribution in [0.1, 0.15) is 11.1 Å². The standard InChI is InChI=1S/C15H7F6NO/c16-14(17,18)12-3-1-10(2-4-12)11-5-9(8-22)6-13(7-11)23-15(19,20)21/h1-7H. The smallest absolute Gasteiger partial charge is 0.406 e. The maximum Gasteiger partial charge on any atom is 0.573 e.